The second-order valence-electron chi connectivity index (χ2n) is 3.20. The monoisotopic (exact) mass is 250 g/mol. The Hall–Kier alpha value is -0.640. The van der Waals surface area contributed by atoms with E-state index in [9.17, 15) is 9.36 Å². The topological polar surface area (TPSA) is 72.8 Å². The van der Waals surface area contributed by atoms with Crippen LogP contribution in [-0.4, -0.2) is 24.1 Å². The zero-order valence-electron chi connectivity index (χ0n) is 9.48. The zero-order chi connectivity index (χ0) is 12.2. The van der Waals surface area contributed by atoms with Crippen molar-refractivity contribution < 1.29 is 23.5 Å². The van der Waals surface area contributed by atoms with Crippen molar-refractivity contribution >= 4 is 14.2 Å². The fourth-order valence-electron chi connectivity index (χ4n) is 1.07. The molecule has 0 aliphatic carbocycles. The molecule has 0 aromatic carbocycles. The number of allylic oxidation sites excluding steroid dienone is 1. The van der Waals surface area contributed by atoms with Gasteiger partial charge in [0.2, 0.25) is 0 Å². The van der Waals surface area contributed by atoms with E-state index in [0.717, 1.165) is 25.7 Å². The van der Waals surface area contributed by atoms with Crippen molar-refractivity contribution in [2.24, 2.45) is 0 Å². The molecule has 0 aromatic heterocycles. The van der Waals surface area contributed by atoms with Gasteiger partial charge in [0.15, 0.2) is 0 Å². The second kappa shape index (κ2) is 10.9. The molecule has 0 amide bonds. The van der Waals surface area contributed by atoms with E-state index in [4.69, 9.17) is 9.63 Å². The SMILES string of the molecule is CC=CC(=O)OCCCCCCO[PH](=O)O. The first kappa shape index (κ1) is 15.4. The summed E-state index contributed by atoms with van der Waals surface area (Å²) in [5.74, 6) is -0.315. The lowest BCUT2D eigenvalue weighted by Gasteiger charge is -2.02. The number of carbonyl (C=O) groups excluding carboxylic acids is 1. The summed E-state index contributed by atoms with van der Waals surface area (Å²) in [6.45, 7) is 2.49. The van der Waals surface area contributed by atoms with Gasteiger partial charge in [-0.2, -0.15) is 0 Å². The lowest BCUT2D eigenvalue weighted by atomic mass is 10.2. The summed E-state index contributed by atoms with van der Waals surface area (Å²) in [7, 11) is -2.78. The molecule has 0 fully saturated rings. The van der Waals surface area contributed by atoms with Gasteiger partial charge in [0.1, 0.15) is 0 Å². The number of ether oxygens (including phenoxy) is 1. The maximum Gasteiger partial charge on any atom is 0.330 e. The van der Waals surface area contributed by atoms with Gasteiger partial charge in [0, 0.05) is 6.08 Å². The fourth-order valence-corrected chi connectivity index (χ4v) is 1.39. The third-order valence-corrected chi connectivity index (χ3v) is 2.26. The molecule has 1 atom stereocenters. The summed E-state index contributed by atoms with van der Waals surface area (Å²) in [6.07, 6.45) is 6.39. The van der Waals surface area contributed by atoms with Gasteiger partial charge in [-0.25, -0.2) is 4.79 Å². The fraction of sp³-hybridized carbons (Fsp3) is 0.700. The summed E-state index contributed by atoms with van der Waals surface area (Å²) in [6, 6.07) is 0. The Bertz CT molecular complexity index is 239. The molecule has 0 aromatic rings. The smallest absolute Gasteiger partial charge is 0.330 e. The van der Waals surface area contributed by atoms with Crippen LogP contribution in [0.2, 0.25) is 0 Å². The quantitative estimate of drug-likeness (QED) is 0.293. The number of unbranched alkanes of at least 4 members (excludes halogenated alkanes) is 3. The number of hydrogen-bond acceptors (Lipinski definition) is 4. The molecule has 0 aliphatic heterocycles. The van der Waals surface area contributed by atoms with Crippen molar-refractivity contribution in [2.45, 2.75) is 32.6 Å². The standard InChI is InChI=1S/C10H19O5P/c1-2-7-10(11)14-8-5-3-4-6-9-15-16(12)13/h2,7,16H,3-6,8-9H2,1H3,(H,12,13). The summed E-state index contributed by atoms with van der Waals surface area (Å²) in [5.41, 5.74) is 0. The number of rotatable bonds is 9. The molecule has 0 saturated heterocycles. The Morgan fingerprint density at radius 1 is 1.25 bits per heavy atom. The second-order valence-corrected chi connectivity index (χ2v) is 4.02. The minimum atomic E-state index is -2.78. The normalized spacial score (nSPS) is 12.9. The van der Waals surface area contributed by atoms with E-state index < -0.39 is 8.25 Å². The Morgan fingerprint density at radius 2 is 1.88 bits per heavy atom. The van der Waals surface area contributed by atoms with Crippen molar-refractivity contribution in [3.63, 3.8) is 0 Å². The molecule has 0 saturated carbocycles. The van der Waals surface area contributed by atoms with Crippen molar-refractivity contribution in [2.75, 3.05) is 13.2 Å². The average Bonchev–Trinajstić information content (AvgIpc) is 2.22. The van der Waals surface area contributed by atoms with Crippen LogP contribution in [0.4, 0.5) is 0 Å². The van der Waals surface area contributed by atoms with Crippen LogP contribution in [-0.2, 0) is 18.6 Å². The molecule has 0 rings (SSSR count). The molecule has 1 N–H and O–H groups in total. The zero-order valence-corrected chi connectivity index (χ0v) is 10.5. The van der Waals surface area contributed by atoms with E-state index in [1.165, 1.54) is 6.08 Å². The van der Waals surface area contributed by atoms with E-state index in [-0.39, 0.29) is 5.97 Å². The first-order chi connectivity index (χ1) is 7.66. The molecule has 0 heterocycles. The van der Waals surface area contributed by atoms with Gasteiger partial charge in [-0.15, -0.1) is 0 Å². The Balaban J connectivity index is 3.15. The summed E-state index contributed by atoms with van der Waals surface area (Å²) >= 11 is 0. The number of esters is 1. The van der Waals surface area contributed by atoms with Crippen LogP contribution in [0.1, 0.15) is 32.6 Å². The van der Waals surface area contributed by atoms with Gasteiger partial charge in [-0.1, -0.05) is 12.5 Å². The van der Waals surface area contributed by atoms with Crippen molar-refractivity contribution in [3.05, 3.63) is 12.2 Å². The van der Waals surface area contributed by atoms with E-state index in [1.807, 2.05) is 0 Å². The van der Waals surface area contributed by atoms with Crippen LogP contribution < -0.4 is 0 Å². The summed E-state index contributed by atoms with van der Waals surface area (Å²) in [4.78, 5) is 19.2. The molecule has 0 aliphatic rings. The average molecular weight is 250 g/mol. The molecule has 0 bridgehead atoms. The van der Waals surface area contributed by atoms with E-state index in [1.54, 1.807) is 13.0 Å². The molecular weight excluding hydrogens is 231 g/mol. The molecule has 6 heteroatoms. The maximum atomic E-state index is 10.9. The minimum absolute atomic E-state index is 0.312. The van der Waals surface area contributed by atoms with Crippen molar-refractivity contribution in [1.82, 2.24) is 0 Å². The van der Waals surface area contributed by atoms with Gasteiger partial charge < -0.3 is 14.2 Å². The van der Waals surface area contributed by atoms with E-state index in [0.29, 0.717) is 13.2 Å². The predicted molar refractivity (Wildman–Crippen MR) is 61.4 cm³/mol. The first-order valence-corrected chi connectivity index (χ1v) is 6.58. The van der Waals surface area contributed by atoms with Crippen LogP contribution in [0.15, 0.2) is 12.2 Å². The molecule has 1 unspecified atom stereocenters. The highest BCUT2D eigenvalue weighted by Gasteiger charge is 1.96. The Labute approximate surface area is 96.4 Å². The molecule has 0 spiro atoms. The van der Waals surface area contributed by atoms with E-state index in [2.05, 4.69) is 4.52 Å². The van der Waals surface area contributed by atoms with Crippen molar-refractivity contribution in [1.29, 1.82) is 0 Å². The van der Waals surface area contributed by atoms with Crippen LogP contribution >= 0.6 is 8.25 Å². The molecule has 0 radical (unpaired) electrons. The maximum absolute atomic E-state index is 10.9. The molecule has 94 valence electrons. The lowest BCUT2D eigenvalue weighted by molar-refractivity contribution is -0.137. The highest BCUT2D eigenvalue weighted by Crippen LogP contribution is 2.15. The molecule has 16 heavy (non-hydrogen) atoms. The Kier molecular flexibility index (Phi) is 10.4. The van der Waals surface area contributed by atoms with Crippen LogP contribution in [0.5, 0.6) is 0 Å². The third-order valence-electron chi connectivity index (χ3n) is 1.81. The lowest BCUT2D eigenvalue weighted by Crippen LogP contribution is -2.02. The molecule has 5 nitrogen and oxygen atoms in total. The van der Waals surface area contributed by atoms with Crippen LogP contribution in [0.25, 0.3) is 0 Å². The highest BCUT2D eigenvalue weighted by atomic mass is 31.1. The van der Waals surface area contributed by atoms with Gasteiger partial charge in [0.25, 0.3) is 0 Å². The number of hydrogen-bond donors (Lipinski definition) is 1. The van der Waals surface area contributed by atoms with Gasteiger partial charge in [0.05, 0.1) is 13.2 Å². The number of carbonyl (C=O) groups is 1. The largest absolute Gasteiger partial charge is 0.463 e. The predicted octanol–water partition coefficient (Wildman–Crippen LogP) is 2.06. The Morgan fingerprint density at radius 3 is 2.44 bits per heavy atom. The van der Waals surface area contributed by atoms with Crippen LogP contribution in [0, 0.1) is 0 Å². The van der Waals surface area contributed by atoms with Crippen LogP contribution in [0.3, 0.4) is 0 Å². The van der Waals surface area contributed by atoms with Crippen molar-refractivity contribution in [3.8, 4) is 0 Å². The molecular formula is C10H19O5P. The third kappa shape index (κ3) is 11.4. The summed E-state index contributed by atoms with van der Waals surface area (Å²) in [5, 5.41) is 0. The highest BCUT2D eigenvalue weighted by molar-refractivity contribution is 7.32. The summed E-state index contributed by atoms with van der Waals surface area (Å²) < 4.78 is 19.6. The minimum Gasteiger partial charge on any atom is -0.463 e. The van der Waals surface area contributed by atoms with E-state index >= 15 is 0 Å². The van der Waals surface area contributed by atoms with Gasteiger partial charge in [-0.3, -0.25) is 4.57 Å². The van der Waals surface area contributed by atoms with Gasteiger partial charge in [-0.05, 0) is 26.2 Å². The first-order valence-electron chi connectivity index (χ1n) is 5.32. The van der Waals surface area contributed by atoms with Gasteiger partial charge >= 0.3 is 14.2 Å².